The lowest BCUT2D eigenvalue weighted by Gasteiger charge is -2.23. The lowest BCUT2D eigenvalue weighted by atomic mass is 10.0. The Bertz CT molecular complexity index is 391. The Labute approximate surface area is 232 Å². The third kappa shape index (κ3) is 41.1. The van der Waals surface area contributed by atoms with Gasteiger partial charge in [0.2, 0.25) is 0 Å². The summed E-state index contributed by atoms with van der Waals surface area (Å²) in [5, 5.41) is 0. The van der Waals surface area contributed by atoms with Gasteiger partial charge in [0.15, 0.2) is 0 Å². The third-order valence-electron chi connectivity index (χ3n) is 7.36. The Kier molecular flexibility index (Phi) is 29.5. The molecule has 0 aromatic rings. The topological polar surface area (TPSA) is 0 Å². The molecule has 0 aliphatic rings. The van der Waals surface area contributed by atoms with E-state index >= 15 is 0 Å². The van der Waals surface area contributed by atoms with Gasteiger partial charge in [0.25, 0.3) is 0 Å². The SMILES string of the molecule is CCCCCCCCCCCCCCCCCC[N+](C)(C)C.CCCCCCCCCC[N+](C)(C)C. The summed E-state index contributed by atoms with van der Waals surface area (Å²) in [6, 6.07) is 0. The Morgan fingerprint density at radius 3 is 0.583 bits per heavy atom. The largest absolute Gasteiger partial charge is 0.331 e. The minimum atomic E-state index is 1.12. The van der Waals surface area contributed by atoms with Crippen molar-refractivity contribution in [2.45, 2.75) is 168 Å². The van der Waals surface area contributed by atoms with Gasteiger partial charge in [-0.1, -0.05) is 142 Å². The van der Waals surface area contributed by atoms with Crippen LogP contribution in [0.1, 0.15) is 168 Å². The second kappa shape index (κ2) is 27.9. The van der Waals surface area contributed by atoms with Crippen molar-refractivity contribution < 1.29 is 8.97 Å². The van der Waals surface area contributed by atoms with Gasteiger partial charge in [-0.05, 0) is 25.7 Å². The zero-order valence-electron chi connectivity index (χ0n) is 27.3. The first kappa shape index (κ1) is 38.1. The minimum Gasteiger partial charge on any atom is -0.331 e. The van der Waals surface area contributed by atoms with E-state index in [-0.39, 0.29) is 0 Å². The number of unbranched alkanes of at least 4 members (excludes halogenated alkanes) is 22. The molecule has 0 aromatic heterocycles. The van der Waals surface area contributed by atoms with Crippen molar-refractivity contribution in [3.8, 4) is 0 Å². The molecule has 0 aliphatic carbocycles. The molecule has 36 heavy (non-hydrogen) atoms. The number of rotatable bonds is 26. The Morgan fingerprint density at radius 2 is 0.417 bits per heavy atom. The first-order valence-corrected chi connectivity index (χ1v) is 16.7. The summed E-state index contributed by atoms with van der Waals surface area (Å²) in [5.74, 6) is 0. The smallest absolute Gasteiger partial charge is 0.0780 e. The fraction of sp³-hybridized carbons (Fsp3) is 1.00. The average Bonchev–Trinajstić information content (AvgIpc) is 2.79. The lowest BCUT2D eigenvalue weighted by Crippen LogP contribution is -2.35. The molecule has 0 unspecified atom stereocenters. The Morgan fingerprint density at radius 1 is 0.250 bits per heavy atom. The van der Waals surface area contributed by atoms with Crippen LogP contribution < -0.4 is 0 Å². The van der Waals surface area contributed by atoms with Crippen molar-refractivity contribution in [1.29, 1.82) is 0 Å². The van der Waals surface area contributed by atoms with Crippen LogP contribution in [0, 0.1) is 0 Å². The van der Waals surface area contributed by atoms with E-state index in [1.165, 1.54) is 167 Å². The molecule has 0 heterocycles. The van der Waals surface area contributed by atoms with Crippen molar-refractivity contribution in [3.63, 3.8) is 0 Å². The van der Waals surface area contributed by atoms with Gasteiger partial charge in [-0.3, -0.25) is 0 Å². The Balaban J connectivity index is 0. The maximum Gasteiger partial charge on any atom is 0.0780 e. The summed E-state index contributed by atoms with van der Waals surface area (Å²) in [7, 11) is 13.7. The van der Waals surface area contributed by atoms with Crippen LogP contribution in [0.15, 0.2) is 0 Å². The predicted octanol–water partition coefficient (Wildman–Crippen LogP) is 10.8. The van der Waals surface area contributed by atoms with Crippen molar-refractivity contribution >= 4 is 0 Å². The second-order valence-corrected chi connectivity index (χ2v) is 13.8. The van der Waals surface area contributed by atoms with Gasteiger partial charge in [-0.25, -0.2) is 0 Å². The number of quaternary nitrogens is 2. The molecule has 0 fully saturated rings. The molecule has 0 atom stereocenters. The average molecular weight is 513 g/mol. The summed E-state index contributed by atoms with van der Waals surface area (Å²) < 4.78 is 2.24. The van der Waals surface area contributed by atoms with Gasteiger partial charge in [-0.15, -0.1) is 0 Å². The van der Waals surface area contributed by atoms with Crippen LogP contribution in [0.2, 0.25) is 0 Å². The molecule has 0 N–H and O–H groups in total. The summed E-state index contributed by atoms with van der Waals surface area (Å²) in [5.41, 5.74) is 0. The molecule has 0 aliphatic heterocycles. The van der Waals surface area contributed by atoms with Crippen LogP contribution in [0.5, 0.6) is 0 Å². The first-order chi connectivity index (χ1) is 17.1. The van der Waals surface area contributed by atoms with Crippen LogP contribution in [0.4, 0.5) is 0 Å². The maximum atomic E-state index is 2.30. The fourth-order valence-electron chi connectivity index (χ4n) is 4.85. The molecule has 0 amide bonds. The molecule has 2 nitrogen and oxygen atoms in total. The van der Waals surface area contributed by atoms with E-state index in [4.69, 9.17) is 0 Å². The van der Waals surface area contributed by atoms with E-state index in [0.717, 1.165) is 8.97 Å². The van der Waals surface area contributed by atoms with Crippen molar-refractivity contribution in [2.24, 2.45) is 0 Å². The van der Waals surface area contributed by atoms with Crippen molar-refractivity contribution in [3.05, 3.63) is 0 Å². The highest BCUT2D eigenvalue weighted by atomic mass is 15.3. The molecule has 0 saturated heterocycles. The van der Waals surface area contributed by atoms with Gasteiger partial charge >= 0.3 is 0 Å². The summed E-state index contributed by atoms with van der Waals surface area (Å²) >= 11 is 0. The zero-order chi connectivity index (χ0) is 27.4. The van der Waals surface area contributed by atoms with Crippen molar-refractivity contribution in [1.82, 2.24) is 0 Å². The lowest BCUT2D eigenvalue weighted by molar-refractivity contribution is -0.870. The molecule has 220 valence electrons. The second-order valence-electron chi connectivity index (χ2n) is 13.8. The minimum absolute atomic E-state index is 1.12. The van der Waals surface area contributed by atoms with Crippen molar-refractivity contribution in [2.75, 3.05) is 55.4 Å². The normalized spacial score (nSPS) is 12.0. The summed E-state index contributed by atoms with van der Waals surface area (Å²) in [6.07, 6.45) is 34.8. The van der Waals surface area contributed by atoms with E-state index in [1.807, 2.05) is 0 Å². The fourth-order valence-corrected chi connectivity index (χ4v) is 4.85. The van der Waals surface area contributed by atoms with Crippen LogP contribution in [0.3, 0.4) is 0 Å². The van der Waals surface area contributed by atoms with Crippen LogP contribution in [-0.4, -0.2) is 64.3 Å². The van der Waals surface area contributed by atoms with Crippen LogP contribution in [0.25, 0.3) is 0 Å². The number of hydrogen-bond donors (Lipinski definition) is 0. The third-order valence-corrected chi connectivity index (χ3v) is 7.36. The van der Waals surface area contributed by atoms with Crippen LogP contribution >= 0.6 is 0 Å². The molecular weight excluding hydrogens is 436 g/mol. The van der Waals surface area contributed by atoms with Gasteiger partial charge in [0.1, 0.15) is 0 Å². The summed E-state index contributed by atoms with van der Waals surface area (Å²) in [4.78, 5) is 0. The highest BCUT2D eigenvalue weighted by molar-refractivity contribution is 4.50. The standard InChI is InChI=1S/C21H46N.C13H30N/c1-5-6-7-8-9-10-11-12-13-14-15-16-17-18-19-20-21-22(2,3)4;1-5-6-7-8-9-10-11-12-13-14(2,3)4/h5-21H2,1-4H3;5-13H2,1-4H3/q2*+1. The van der Waals surface area contributed by atoms with Gasteiger partial charge in [0, 0.05) is 0 Å². The molecule has 0 radical (unpaired) electrons. The van der Waals surface area contributed by atoms with E-state index < -0.39 is 0 Å². The van der Waals surface area contributed by atoms with Gasteiger partial charge < -0.3 is 8.97 Å². The van der Waals surface area contributed by atoms with Gasteiger partial charge in [-0.2, -0.15) is 0 Å². The summed E-state index contributed by atoms with van der Waals surface area (Å²) in [6.45, 7) is 7.24. The molecular formula is C34H76N2+2. The molecule has 0 bridgehead atoms. The molecule has 2 heteroatoms. The number of hydrogen-bond acceptors (Lipinski definition) is 0. The van der Waals surface area contributed by atoms with Crippen LogP contribution in [-0.2, 0) is 0 Å². The highest BCUT2D eigenvalue weighted by Gasteiger charge is 2.05. The predicted molar refractivity (Wildman–Crippen MR) is 168 cm³/mol. The molecule has 0 spiro atoms. The van der Waals surface area contributed by atoms with E-state index in [9.17, 15) is 0 Å². The molecule has 0 aromatic carbocycles. The number of nitrogens with zero attached hydrogens (tertiary/aromatic N) is 2. The van der Waals surface area contributed by atoms with E-state index in [1.54, 1.807) is 0 Å². The Hall–Kier alpha value is -0.0800. The highest BCUT2D eigenvalue weighted by Crippen LogP contribution is 2.14. The van der Waals surface area contributed by atoms with E-state index in [2.05, 4.69) is 56.1 Å². The zero-order valence-corrected chi connectivity index (χ0v) is 27.3. The van der Waals surface area contributed by atoms with E-state index in [0.29, 0.717) is 0 Å². The quantitative estimate of drug-likeness (QED) is 0.0798. The maximum absolute atomic E-state index is 2.30. The first-order valence-electron chi connectivity index (χ1n) is 16.7. The molecule has 0 saturated carbocycles. The monoisotopic (exact) mass is 513 g/mol. The van der Waals surface area contributed by atoms with Gasteiger partial charge in [0.05, 0.1) is 55.4 Å². The molecule has 0 rings (SSSR count).